The van der Waals surface area contributed by atoms with Crippen LogP contribution >= 0.6 is 23.2 Å². The minimum atomic E-state index is -4.62. The molecule has 1 N–H and O–H groups in total. The third kappa shape index (κ3) is 7.95. The molecule has 0 saturated heterocycles. The molecule has 1 atom stereocenters. The van der Waals surface area contributed by atoms with Crippen LogP contribution in [0.3, 0.4) is 0 Å². The minimum Gasteiger partial charge on any atom is -0.495 e. The maximum atomic E-state index is 14.2. The second-order valence-corrected chi connectivity index (χ2v) is 12.2. The number of amides is 2. The zero-order valence-electron chi connectivity index (χ0n) is 24.0. The molecule has 3 aromatic carbocycles. The van der Waals surface area contributed by atoms with E-state index in [0.717, 1.165) is 10.4 Å². The molecule has 230 valence electrons. The van der Waals surface area contributed by atoms with Crippen LogP contribution in [0, 0.1) is 17.0 Å². The van der Waals surface area contributed by atoms with Crippen LogP contribution < -0.4 is 14.4 Å². The van der Waals surface area contributed by atoms with E-state index >= 15 is 0 Å². The van der Waals surface area contributed by atoms with Crippen molar-refractivity contribution in [1.82, 2.24) is 10.2 Å². The maximum absolute atomic E-state index is 14.2. The number of carbonyl (C=O) groups is 2. The van der Waals surface area contributed by atoms with Crippen molar-refractivity contribution in [3.8, 4) is 5.75 Å². The number of sulfonamides is 1. The topological polar surface area (TPSA) is 139 Å². The first-order valence-electron chi connectivity index (χ1n) is 13.3. The predicted octanol–water partition coefficient (Wildman–Crippen LogP) is 5.36. The SMILES string of the molecule is CCNC(=O)[C@@H](CC)N(Cc1ccc(Cl)cc1)C(=O)CN(c1cc(Cl)ccc1OC)S(=O)(=O)c1ccc(C)c([N+](=O)[O-])c1. The van der Waals surface area contributed by atoms with Crippen molar-refractivity contribution >= 4 is 56.4 Å². The fourth-order valence-electron chi connectivity index (χ4n) is 4.44. The summed E-state index contributed by atoms with van der Waals surface area (Å²) in [6.45, 7) is 4.49. The van der Waals surface area contributed by atoms with Crippen LogP contribution in [0.1, 0.15) is 31.4 Å². The lowest BCUT2D eigenvalue weighted by Crippen LogP contribution is -2.52. The predicted molar refractivity (Wildman–Crippen MR) is 165 cm³/mol. The van der Waals surface area contributed by atoms with Crippen LogP contribution in [-0.4, -0.2) is 56.3 Å². The number of nitro groups is 1. The molecule has 3 aromatic rings. The van der Waals surface area contributed by atoms with Crippen LogP contribution in [0.25, 0.3) is 0 Å². The van der Waals surface area contributed by atoms with Crippen molar-refractivity contribution in [3.63, 3.8) is 0 Å². The van der Waals surface area contributed by atoms with Crippen molar-refractivity contribution in [2.75, 3.05) is 24.5 Å². The summed E-state index contributed by atoms with van der Waals surface area (Å²) < 4.78 is 34.5. The van der Waals surface area contributed by atoms with E-state index in [1.165, 1.54) is 49.3 Å². The van der Waals surface area contributed by atoms with Crippen LogP contribution in [0.5, 0.6) is 5.75 Å². The van der Waals surface area contributed by atoms with E-state index in [4.69, 9.17) is 27.9 Å². The lowest BCUT2D eigenvalue weighted by atomic mass is 10.1. The average molecular weight is 652 g/mol. The van der Waals surface area contributed by atoms with E-state index < -0.39 is 49.9 Å². The zero-order valence-corrected chi connectivity index (χ0v) is 26.4. The minimum absolute atomic E-state index is 0.0256. The monoisotopic (exact) mass is 650 g/mol. The molecule has 14 heteroatoms. The molecule has 3 rings (SSSR count). The van der Waals surface area contributed by atoms with Gasteiger partial charge in [-0.3, -0.25) is 24.0 Å². The highest BCUT2D eigenvalue weighted by molar-refractivity contribution is 7.92. The Hall–Kier alpha value is -3.87. The van der Waals surface area contributed by atoms with Gasteiger partial charge in [0.1, 0.15) is 18.3 Å². The molecule has 0 radical (unpaired) electrons. The molecule has 0 aliphatic carbocycles. The molecule has 0 aromatic heterocycles. The number of benzene rings is 3. The Kier molecular flexibility index (Phi) is 11.4. The van der Waals surface area contributed by atoms with Crippen molar-refractivity contribution in [3.05, 3.63) is 92.0 Å². The third-order valence-corrected chi connectivity index (χ3v) is 8.90. The summed E-state index contributed by atoms with van der Waals surface area (Å²) in [6, 6.07) is 13.5. The van der Waals surface area contributed by atoms with E-state index in [0.29, 0.717) is 17.1 Å². The Morgan fingerprint density at radius 2 is 1.67 bits per heavy atom. The molecule has 0 spiro atoms. The van der Waals surface area contributed by atoms with Gasteiger partial charge in [0.2, 0.25) is 11.8 Å². The normalized spacial score (nSPS) is 11.9. The number of nitro benzene ring substituents is 1. The maximum Gasteiger partial charge on any atom is 0.273 e. The quantitative estimate of drug-likeness (QED) is 0.194. The number of likely N-dealkylation sites (N-methyl/N-ethyl adjacent to an activating group) is 1. The van der Waals surface area contributed by atoms with Gasteiger partial charge in [-0.05, 0) is 62.2 Å². The Morgan fingerprint density at radius 1 is 1.02 bits per heavy atom. The number of hydrogen-bond donors (Lipinski definition) is 1. The Balaban J connectivity index is 2.18. The Bertz CT molecular complexity index is 1600. The number of nitrogens with zero attached hydrogens (tertiary/aromatic N) is 3. The summed E-state index contributed by atoms with van der Waals surface area (Å²) >= 11 is 12.3. The number of nitrogens with one attached hydrogen (secondary N) is 1. The Labute approximate surface area is 260 Å². The fourth-order valence-corrected chi connectivity index (χ4v) is 6.17. The number of ether oxygens (including phenoxy) is 1. The van der Waals surface area contributed by atoms with Gasteiger partial charge < -0.3 is 15.0 Å². The number of carbonyl (C=O) groups excluding carboxylic acids is 2. The summed E-state index contributed by atoms with van der Waals surface area (Å²) in [5, 5.41) is 15.0. The summed E-state index contributed by atoms with van der Waals surface area (Å²) in [5.74, 6) is -1.03. The molecule has 0 unspecified atom stereocenters. The smallest absolute Gasteiger partial charge is 0.273 e. The number of halogens is 2. The fraction of sp³-hybridized carbons (Fsp3) is 0.310. The highest BCUT2D eigenvalue weighted by atomic mass is 35.5. The molecular formula is C29H32Cl2N4O7S. The molecule has 0 aliphatic rings. The van der Waals surface area contributed by atoms with E-state index in [2.05, 4.69) is 5.32 Å². The summed E-state index contributed by atoms with van der Waals surface area (Å²) in [6.07, 6.45) is 0.239. The van der Waals surface area contributed by atoms with Crippen molar-refractivity contribution in [2.24, 2.45) is 0 Å². The number of aryl methyl sites for hydroxylation is 1. The summed E-state index contributed by atoms with van der Waals surface area (Å²) in [4.78, 5) is 39.0. The van der Waals surface area contributed by atoms with Gasteiger partial charge in [0, 0.05) is 34.8 Å². The number of hydrogen-bond acceptors (Lipinski definition) is 7. The second kappa shape index (κ2) is 14.5. The zero-order chi connectivity index (χ0) is 31.9. The molecule has 0 bridgehead atoms. The second-order valence-electron chi connectivity index (χ2n) is 9.50. The van der Waals surface area contributed by atoms with Crippen LogP contribution in [0.2, 0.25) is 10.0 Å². The highest BCUT2D eigenvalue weighted by Crippen LogP contribution is 2.36. The van der Waals surface area contributed by atoms with Crippen molar-refractivity contribution in [1.29, 1.82) is 0 Å². The van der Waals surface area contributed by atoms with Gasteiger partial charge >= 0.3 is 0 Å². The number of rotatable bonds is 13. The van der Waals surface area contributed by atoms with Gasteiger partial charge in [-0.2, -0.15) is 0 Å². The molecule has 0 aliphatic heterocycles. The van der Waals surface area contributed by atoms with Gasteiger partial charge in [0.15, 0.2) is 0 Å². The van der Waals surface area contributed by atoms with Gasteiger partial charge in [-0.1, -0.05) is 48.3 Å². The highest BCUT2D eigenvalue weighted by Gasteiger charge is 2.35. The largest absolute Gasteiger partial charge is 0.495 e. The Morgan fingerprint density at radius 3 is 2.26 bits per heavy atom. The summed E-state index contributed by atoms with van der Waals surface area (Å²) in [5.41, 5.74) is 0.444. The van der Waals surface area contributed by atoms with Crippen LogP contribution in [0.4, 0.5) is 11.4 Å². The van der Waals surface area contributed by atoms with E-state index in [-0.39, 0.29) is 35.0 Å². The molecule has 11 nitrogen and oxygen atoms in total. The number of methoxy groups -OCH3 is 1. The van der Waals surface area contributed by atoms with E-state index in [1.807, 2.05) is 0 Å². The van der Waals surface area contributed by atoms with Crippen molar-refractivity contribution in [2.45, 2.75) is 44.7 Å². The molecule has 0 fully saturated rings. The first-order chi connectivity index (χ1) is 20.3. The van der Waals surface area contributed by atoms with Gasteiger partial charge in [0.25, 0.3) is 15.7 Å². The first kappa shape index (κ1) is 33.6. The van der Waals surface area contributed by atoms with Gasteiger partial charge in [0.05, 0.1) is 22.6 Å². The average Bonchev–Trinajstić information content (AvgIpc) is 2.96. The van der Waals surface area contributed by atoms with Crippen LogP contribution in [0.15, 0.2) is 65.6 Å². The molecular weight excluding hydrogens is 619 g/mol. The molecule has 43 heavy (non-hydrogen) atoms. The third-order valence-electron chi connectivity index (χ3n) is 6.66. The molecule has 0 heterocycles. The lowest BCUT2D eigenvalue weighted by Gasteiger charge is -2.33. The van der Waals surface area contributed by atoms with Gasteiger partial charge in [-0.25, -0.2) is 8.42 Å². The number of anilines is 1. The van der Waals surface area contributed by atoms with Crippen LogP contribution in [-0.2, 0) is 26.2 Å². The summed E-state index contributed by atoms with van der Waals surface area (Å²) in [7, 11) is -3.30. The van der Waals surface area contributed by atoms with Crippen molar-refractivity contribution < 1.29 is 27.7 Å². The van der Waals surface area contributed by atoms with Gasteiger partial charge in [-0.15, -0.1) is 0 Å². The standard InChI is InChI=1S/C29H32Cl2N4O7S/c1-5-24(29(37)32-6-2)33(17-20-8-10-21(30)11-9-20)28(36)18-34(26-15-22(31)12-14-27(26)42-4)43(40,41)23-13-7-19(3)25(16-23)35(38)39/h7-16,24H,5-6,17-18H2,1-4H3,(H,32,37)/t24-/m1/s1. The van der Waals surface area contributed by atoms with E-state index in [1.54, 1.807) is 38.1 Å². The van der Waals surface area contributed by atoms with E-state index in [9.17, 15) is 28.1 Å². The lowest BCUT2D eigenvalue weighted by molar-refractivity contribution is -0.385. The molecule has 2 amide bonds. The molecule has 0 saturated carbocycles. The first-order valence-corrected chi connectivity index (χ1v) is 15.5.